The van der Waals surface area contributed by atoms with E-state index in [1.54, 1.807) is 48.5 Å². The van der Waals surface area contributed by atoms with Crippen molar-refractivity contribution in [2.24, 2.45) is 16.0 Å². The highest BCUT2D eigenvalue weighted by Gasteiger charge is 2.06. The average Bonchev–Trinajstić information content (AvgIpc) is 2.46. The number of primary amides is 1. The Hall–Kier alpha value is -3.02. The molecule has 2 N–H and O–H groups in total. The summed E-state index contributed by atoms with van der Waals surface area (Å²) in [5, 5.41) is 8.02. The number of nitrogens with zero attached hydrogens (tertiary/aromatic N) is 2. The molecule has 0 atom stereocenters. The summed E-state index contributed by atoms with van der Waals surface area (Å²) in [6, 6.07) is 13.2. The van der Waals surface area contributed by atoms with Gasteiger partial charge in [-0.05, 0) is 36.4 Å². The molecule has 2 aromatic rings. The van der Waals surface area contributed by atoms with E-state index in [0.717, 1.165) is 0 Å². The summed E-state index contributed by atoms with van der Waals surface area (Å²) < 4.78 is 4.91. The van der Waals surface area contributed by atoms with E-state index in [4.69, 9.17) is 10.5 Å². The minimum absolute atomic E-state index is 0.304. The summed E-state index contributed by atoms with van der Waals surface area (Å²) >= 11 is 0. The van der Waals surface area contributed by atoms with E-state index in [1.165, 1.54) is 6.92 Å². The first kappa shape index (κ1) is 14.4. The zero-order valence-electron chi connectivity index (χ0n) is 11.3. The number of azo groups is 1. The van der Waals surface area contributed by atoms with Crippen molar-refractivity contribution in [2.75, 3.05) is 0 Å². The highest BCUT2D eigenvalue weighted by atomic mass is 16.5. The minimum Gasteiger partial charge on any atom is -0.427 e. The normalized spacial score (nSPS) is 10.5. The van der Waals surface area contributed by atoms with Gasteiger partial charge in [0.2, 0.25) is 0 Å². The Morgan fingerprint density at radius 1 is 1.00 bits per heavy atom. The predicted molar refractivity (Wildman–Crippen MR) is 76.9 cm³/mol. The number of hydrogen-bond acceptors (Lipinski definition) is 5. The molecule has 106 valence electrons. The number of benzene rings is 2. The van der Waals surface area contributed by atoms with Crippen LogP contribution in [-0.4, -0.2) is 11.9 Å². The molecule has 21 heavy (non-hydrogen) atoms. The fourth-order valence-electron chi connectivity index (χ4n) is 1.63. The largest absolute Gasteiger partial charge is 0.427 e. The van der Waals surface area contributed by atoms with E-state index in [-0.39, 0.29) is 5.97 Å². The monoisotopic (exact) mass is 283 g/mol. The summed E-state index contributed by atoms with van der Waals surface area (Å²) in [6.45, 7) is 1.33. The molecule has 0 spiro atoms. The maximum Gasteiger partial charge on any atom is 0.308 e. The van der Waals surface area contributed by atoms with E-state index in [9.17, 15) is 9.59 Å². The Morgan fingerprint density at radius 3 is 2.29 bits per heavy atom. The van der Waals surface area contributed by atoms with E-state index in [1.807, 2.05) is 0 Å². The summed E-state index contributed by atoms with van der Waals surface area (Å²) in [7, 11) is 0. The van der Waals surface area contributed by atoms with Crippen LogP contribution in [0.4, 0.5) is 11.4 Å². The van der Waals surface area contributed by atoms with Crippen molar-refractivity contribution in [2.45, 2.75) is 6.92 Å². The molecule has 2 rings (SSSR count). The first-order valence-corrected chi connectivity index (χ1v) is 6.15. The number of hydrogen-bond donors (Lipinski definition) is 1. The number of esters is 1. The van der Waals surface area contributed by atoms with Crippen molar-refractivity contribution >= 4 is 23.3 Å². The van der Waals surface area contributed by atoms with Crippen LogP contribution < -0.4 is 10.5 Å². The molecule has 0 heterocycles. The predicted octanol–water partition coefficient (Wildman–Crippen LogP) is 3.13. The third kappa shape index (κ3) is 3.97. The second-order valence-corrected chi connectivity index (χ2v) is 4.17. The SMILES string of the molecule is CC(=O)Oc1ccc(/N=N/c2ccccc2C(N)=O)cc1. The Bertz CT molecular complexity index is 694. The number of rotatable bonds is 4. The van der Waals surface area contributed by atoms with E-state index >= 15 is 0 Å². The molecule has 0 aliphatic carbocycles. The lowest BCUT2D eigenvalue weighted by atomic mass is 10.2. The standard InChI is InChI=1S/C15H13N3O3/c1-10(19)21-12-8-6-11(7-9-12)17-18-14-5-3-2-4-13(14)15(16)20/h2-9H,1H3,(H2,16,20)/b18-17+. The van der Waals surface area contributed by atoms with Gasteiger partial charge in [-0.3, -0.25) is 9.59 Å². The Kier molecular flexibility index (Phi) is 4.40. The minimum atomic E-state index is -0.560. The maximum atomic E-state index is 11.3. The molecule has 6 heteroatoms. The lowest BCUT2D eigenvalue weighted by Gasteiger charge is -2.01. The van der Waals surface area contributed by atoms with Crippen LogP contribution in [0.25, 0.3) is 0 Å². The molecule has 6 nitrogen and oxygen atoms in total. The van der Waals surface area contributed by atoms with Crippen LogP contribution in [0.5, 0.6) is 5.75 Å². The second kappa shape index (κ2) is 6.42. The molecule has 0 fully saturated rings. The fraction of sp³-hybridized carbons (Fsp3) is 0.0667. The van der Waals surface area contributed by atoms with Gasteiger partial charge in [0.25, 0.3) is 5.91 Å². The van der Waals surface area contributed by atoms with Crippen molar-refractivity contribution < 1.29 is 14.3 Å². The highest BCUT2D eigenvalue weighted by molar-refractivity contribution is 5.97. The van der Waals surface area contributed by atoms with Gasteiger partial charge < -0.3 is 10.5 Å². The van der Waals surface area contributed by atoms with Crippen molar-refractivity contribution in [3.63, 3.8) is 0 Å². The molecule has 0 radical (unpaired) electrons. The number of amides is 1. The Labute approximate surface area is 121 Å². The number of carbonyl (C=O) groups excluding carboxylic acids is 2. The van der Waals surface area contributed by atoms with Crippen LogP contribution in [0.3, 0.4) is 0 Å². The van der Waals surface area contributed by atoms with Gasteiger partial charge >= 0.3 is 5.97 Å². The Morgan fingerprint density at radius 2 is 1.67 bits per heavy atom. The van der Waals surface area contributed by atoms with Gasteiger partial charge in [-0.15, -0.1) is 5.11 Å². The highest BCUT2D eigenvalue weighted by Crippen LogP contribution is 2.23. The molecule has 2 aromatic carbocycles. The number of carbonyl (C=O) groups is 2. The van der Waals surface area contributed by atoms with Crippen molar-refractivity contribution in [3.8, 4) is 5.75 Å². The molecule has 0 aliphatic heterocycles. The quantitative estimate of drug-likeness (QED) is 0.530. The average molecular weight is 283 g/mol. The van der Waals surface area contributed by atoms with Gasteiger partial charge in [0.15, 0.2) is 0 Å². The molecule has 0 aromatic heterocycles. The third-order valence-corrected chi connectivity index (χ3v) is 2.54. The number of nitrogens with two attached hydrogens (primary N) is 1. The van der Waals surface area contributed by atoms with Crippen LogP contribution in [0.1, 0.15) is 17.3 Å². The molecular weight excluding hydrogens is 270 g/mol. The van der Waals surface area contributed by atoms with Crippen LogP contribution in [-0.2, 0) is 4.79 Å². The van der Waals surface area contributed by atoms with E-state index < -0.39 is 5.91 Å². The first-order chi connectivity index (χ1) is 10.1. The molecule has 0 bridgehead atoms. The van der Waals surface area contributed by atoms with Crippen molar-refractivity contribution in [1.29, 1.82) is 0 Å². The summed E-state index contributed by atoms with van der Waals surface area (Å²) in [4.78, 5) is 22.1. The van der Waals surface area contributed by atoms with Gasteiger partial charge in [0, 0.05) is 6.92 Å². The molecule has 0 saturated heterocycles. The molecule has 0 aliphatic rings. The second-order valence-electron chi connectivity index (χ2n) is 4.17. The number of ether oxygens (including phenoxy) is 1. The van der Waals surface area contributed by atoms with Crippen molar-refractivity contribution in [3.05, 3.63) is 54.1 Å². The zero-order valence-corrected chi connectivity index (χ0v) is 11.3. The van der Waals surface area contributed by atoms with Crippen molar-refractivity contribution in [1.82, 2.24) is 0 Å². The topological polar surface area (TPSA) is 94.1 Å². The third-order valence-electron chi connectivity index (χ3n) is 2.54. The molecule has 0 unspecified atom stereocenters. The summed E-state index contributed by atoms with van der Waals surface area (Å²) in [5.74, 6) is -0.520. The van der Waals surface area contributed by atoms with Crippen LogP contribution in [0.2, 0.25) is 0 Å². The Balaban J connectivity index is 2.18. The molecular formula is C15H13N3O3. The lowest BCUT2D eigenvalue weighted by Crippen LogP contribution is -2.10. The first-order valence-electron chi connectivity index (χ1n) is 6.15. The van der Waals surface area contributed by atoms with Gasteiger partial charge in [-0.25, -0.2) is 0 Å². The summed E-state index contributed by atoms with van der Waals surface area (Å²) in [5.41, 5.74) is 6.52. The van der Waals surface area contributed by atoms with Gasteiger partial charge in [-0.2, -0.15) is 5.11 Å². The smallest absolute Gasteiger partial charge is 0.308 e. The van der Waals surface area contributed by atoms with Gasteiger partial charge in [0.05, 0.1) is 16.9 Å². The van der Waals surface area contributed by atoms with E-state index in [0.29, 0.717) is 22.7 Å². The summed E-state index contributed by atoms with van der Waals surface area (Å²) in [6.07, 6.45) is 0. The lowest BCUT2D eigenvalue weighted by molar-refractivity contribution is -0.131. The fourth-order valence-corrected chi connectivity index (χ4v) is 1.63. The van der Waals surface area contributed by atoms with Crippen LogP contribution >= 0.6 is 0 Å². The van der Waals surface area contributed by atoms with E-state index in [2.05, 4.69) is 10.2 Å². The molecule has 1 amide bonds. The molecule has 0 saturated carbocycles. The van der Waals surface area contributed by atoms with Gasteiger partial charge in [-0.1, -0.05) is 12.1 Å². The zero-order chi connectivity index (χ0) is 15.2. The van der Waals surface area contributed by atoms with Crippen LogP contribution in [0, 0.1) is 0 Å². The maximum absolute atomic E-state index is 11.3. The van der Waals surface area contributed by atoms with Gasteiger partial charge in [0.1, 0.15) is 5.75 Å². The van der Waals surface area contributed by atoms with Crippen LogP contribution in [0.15, 0.2) is 58.8 Å².